The van der Waals surface area contributed by atoms with E-state index in [4.69, 9.17) is 19.4 Å². The van der Waals surface area contributed by atoms with E-state index in [1.54, 1.807) is 0 Å². The Balaban J connectivity index is 1.05. The molecule has 3 aromatic heterocycles. The first-order valence-electron chi connectivity index (χ1n) is 23.3. The Hall–Kier alpha value is -8.97. The van der Waals surface area contributed by atoms with Gasteiger partial charge in [0.2, 0.25) is 0 Å². The largest absolute Gasteiger partial charge is 0.455 e. The van der Waals surface area contributed by atoms with E-state index in [-0.39, 0.29) is 0 Å². The molecule has 0 saturated carbocycles. The molecule has 0 fully saturated rings. The summed E-state index contributed by atoms with van der Waals surface area (Å²) in [6.07, 6.45) is 0. The lowest BCUT2D eigenvalue weighted by atomic mass is 10.00. The molecule has 10 aromatic carbocycles. The van der Waals surface area contributed by atoms with E-state index >= 15 is 0 Å². The average Bonchev–Trinajstić information content (AvgIpc) is 3.98. The molecule has 6 heteroatoms. The van der Waals surface area contributed by atoms with Crippen molar-refractivity contribution in [2.24, 2.45) is 0 Å². The molecule has 3 heterocycles. The van der Waals surface area contributed by atoms with E-state index < -0.39 is 8.07 Å². The van der Waals surface area contributed by atoms with Gasteiger partial charge in [-0.3, -0.25) is 0 Å². The average molecular weight is 899 g/mol. The molecule has 0 unspecified atom stereocenters. The Bertz CT molecular complexity index is 3880. The van der Waals surface area contributed by atoms with Crippen molar-refractivity contribution in [3.8, 4) is 51.0 Å². The van der Waals surface area contributed by atoms with Crippen molar-refractivity contribution < 1.29 is 4.42 Å². The minimum absolute atomic E-state index is 0.578. The van der Waals surface area contributed by atoms with Crippen LogP contribution in [0.15, 0.2) is 259 Å². The summed E-state index contributed by atoms with van der Waals surface area (Å²) in [5.41, 5.74) is 9.64. The highest BCUT2D eigenvalue weighted by Crippen LogP contribution is 2.39. The topological polar surface area (TPSA) is 56.7 Å². The van der Waals surface area contributed by atoms with Crippen molar-refractivity contribution in [3.05, 3.63) is 255 Å². The van der Waals surface area contributed by atoms with Gasteiger partial charge < -0.3 is 8.98 Å². The molecule has 0 N–H and O–H groups in total. The first-order chi connectivity index (χ1) is 34.2. The number of hydrogen-bond acceptors (Lipinski definition) is 4. The van der Waals surface area contributed by atoms with Gasteiger partial charge in [0.25, 0.3) is 0 Å². The van der Waals surface area contributed by atoms with Gasteiger partial charge in [-0.15, -0.1) is 0 Å². The molecule has 0 radical (unpaired) electrons. The lowest BCUT2D eigenvalue weighted by molar-refractivity contribution is 0.670. The molecular formula is C63H42N4OSi. The lowest BCUT2D eigenvalue weighted by Gasteiger charge is -2.34. The summed E-state index contributed by atoms with van der Waals surface area (Å²) in [7, 11) is -2.88. The maximum Gasteiger partial charge on any atom is 0.179 e. The summed E-state index contributed by atoms with van der Waals surface area (Å²) in [6.45, 7) is 0. The molecule has 0 aliphatic carbocycles. The van der Waals surface area contributed by atoms with E-state index in [9.17, 15) is 0 Å². The minimum Gasteiger partial charge on any atom is -0.455 e. The molecule has 13 aromatic rings. The van der Waals surface area contributed by atoms with Gasteiger partial charge in [-0.25, -0.2) is 15.0 Å². The standard InChI is InChI=1S/C63H42N4OSi/c1-4-24-46(25-5-1)69(47-26-6-2-7-27-47,48-28-8-3-9-29-48)49-30-19-23-45(42-49)62-64-61(44-22-18-21-43(41-44)50-35-20-36-54-53-33-13-17-40-59(53)68-60(50)54)65-63(66-62)55-34-12-16-39-58(55)67-56-37-14-10-31-51(56)52-32-11-15-38-57(52)67/h1-42H. The quantitative estimate of drug-likeness (QED) is 0.107. The smallest absolute Gasteiger partial charge is 0.179 e. The van der Waals surface area contributed by atoms with Crippen molar-refractivity contribution >= 4 is 72.6 Å². The van der Waals surface area contributed by atoms with Crippen LogP contribution in [0.3, 0.4) is 0 Å². The number of nitrogens with zero attached hydrogens (tertiary/aromatic N) is 4. The third-order valence-electron chi connectivity index (χ3n) is 13.6. The maximum atomic E-state index is 6.54. The van der Waals surface area contributed by atoms with Gasteiger partial charge in [0, 0.05) is 43.8 Å². The van der Waals surface area contributed by atoms with Crippen LogP contribution in [-0.4, -0.2) is 27.6 Å². The molecule has 0 aliphatic heterocycles. The van der Waals surface area contributed by atoms with Gasteiger partial charge in [-0.2, -0.15) is 0 Å². The minimum atomic E-state index is -2.88. The van der Waals surface area contributed by atoms with Crippen LogP contribution >= 0.6 is 0 Å². The fourth-order valence-corrected chi connectivity index (χ4v) is 15.3. The van der Waals surface area contributed by atoms with Crippen molar-refractivity contribution in [2.75, 3.05) is 0 Å². The van der Waals surface area contributed by atoms with Gasteiger partial charge in [0.15, 0.2) is 25.5 Å². The molecule has 13 rings (SSSR count). The van der Waals surface area contributed by atoms with Crippen LogP contribution in [0.1, 0.15) is 0 Å². The molecule has 0 bridgehead atoms. The summed E-state index contributed by atoms with van der Waals surface area (Å²) in [6, 6.07) is 90.8. The Morgan fingerprint density at radius 1 is 0.319 bits per heavy atom. The summed E-state index contributed by atoms with van der Waals surface area (Å²) < 4.78 is 8.89. The molecule has 0 spiro atoms. The first-order valence-corrected chi connectivity index (χ1v) is 25.3. The van der Waals surface area contributed by atoms with Crippen molar-refractivity contribution in [1.82, 2.24) is 19.5 Å². The summed E-state index contributed by atoms with van der Waals surface area (Å²) in [5, 5.41) is 9.70. The van der Waals surface area contributed by atoms with Crippen LogP contribution in [0.5, 0.6) is 0 Å². The number of rotatable bonds is 9. The molecule has 0 atom stereocenters. The molecule has 0 aliphatic rings. The Morgan fingerprint density at radius 3 is 1.42 bits per heavy atom. The molecular weight excluding hydrogens is 857 g/mol. The Kier molecular flexibility index (Phi) is 9.77. The van der Waals surface area contributed by atoms with E-state index in [0.29, 0.717) is 17.5 Å². The fourth-order valence-electron chi connectivity index (χ4n) is 10.6. The predicted molar refractivity (Wildman–Crippen MR) is 287 cm³/mol. The van der Waals surface area contributed by atoms with Crippen molar-refractivity contribution in [1.29, 1.82) is 0 Å². The zero-order valence-electron chi connectivity index (χ0n) is 37.4. The van der Waals surface area contributed by atoms with Crippen LogP contribution in [-0.2, 0) is 0 Å². The number of furan rings is 1. The van der Waals surface area contributed by atoms with Gasteiger partial charge >= 0.3 is 0 Å². The molecule has 324 valence electrons. The van der Waals surface area contributed by atoms with Gasteiger partial charge in [0.1, 0.15) is 11.2 Å². The summed E-state index contributed by atoms with van der Waals surface area (Å²) in [5.74, 6) is 1.75. The second-order valence-corrected chi connectivity index (χ2v) is 21.3. The molecule has 0 amide bonds. The van der Waals surface area contributed by atoms with E-state index in [2.05, 4.69) is 247 Å². The van der Waals surface area contributed by atoms with E-state index in [1.165, 1.54) is 31.5 Å². The number of para-hydroxylation sites is 5. The number of benzene rings is 10. The Labute approximate surface area is 400 Å². The maximum absolute atomic E-state index is 6.54. The van der Waals surface area contributed by atoms with Crippen LogP contribution in [0.25, 0.3) is 94.7 Å². The predicted octanol–water partition coefficient (Wildman–Crippen LogP) is 12.9. The third-order valence-corrected chi connectivity index (χ3v) is 18.4. The number of fused-ring (bicyclic) bond motifs is 6. The highest BCUT2D eigenvalue weighted by Gasteiger charge is 2.41. The highest BCUT2D eigenvalue weighted by molar-refractivity contribution is 7.19. The van der Waals surface area contributed by atoms with Crippen molar-refractivity contribution in [2.45, 2.75) is 0 Å². The van der Waals surface area contributed by atoms with Gasteiger partial charge in [-0.1, -0.05) is 218 Å². The lowest BCUT2D eigenvalue weighted by Crippen LogP contribution is -2.74. The third kappa shape index (κ3) is 6.72. The fraction of sp³-hybridized carbons (Fsp3) is 0. The zero-order valence-corrected chi connectivity index (χ0v) is 38.4. The summed E-state index contributed by atoms with van der Waals surface area (Å²) in [4.78, 5) is 16.3. The molecule has 69 heavy (non-hydrogen) atoms. The van der Waals surface area contributed by atoms with E-state index in [0.717, 1.165) is 66.5 Å². The molecule has 5 nitrogen and oxygen atoms in total. The normalized spacial score (nSPS) is 11.8. The van der Waals surface area contributed by atoms with Gasteiger partial charge in [-0.05, 0) is 62.7 Å². The number of hydrogen-bond donors (Lipinski definition) is 0. The molecule has 0 saturated heterocycles. The monoisotopic (exact) mass is 898 g/mol. The van der Waals surface area contributed by atoms with E-state index in [1.807, 2.05) is 12.1 Å². The van der Waals surface area contributed by atoms with Crippen LogP contribution in [0.2, 0.25) is 0 Å². The summed E-state index contributed by atoms with van der Waals surface area (Å²) >= 11 is 0. The van der Waals surface area contributed by atoms with Crippen LogP contribution in [0, 0.1) is 0 Å². The Morgan fingerprint density at radius 2 is 0.768 bits per heavy atom. The highest BCUT2D eigenvalue weighted by atomic mass is 28.3. The van der Waals surface area contributed by atoms with Crippen LogP contribution < -0.4 is 20.7 Å². The number of aromatic nitrogens is 4. The van der Waals surface area contributed by atoms with Crippen LogP contribution in [0.4, 0.5) is 0 Å². The second kappa shape index (κ2) is 16.7. The van der Waals surface area contributed by atoms with Gasteiger partial charge in [0.05, 0.1) is 16.7 Å². The second-order valence-electron chi connectivity index (χ2n) is 17.5. The first kappa shape index (κ1) is 40.3. The SMILES string of the molecule is c1ccc([Si](c2ccccc2)(c2ccccc2)c2cccc(-c3nc(-c4cccc(-c5cccc6c5oc5ccccc56)c4)nc(-c4ccccc4-n4c5ccccc5c5ccccc54)n3)c2)cc1. The zero-order chi connectivity index (χ0) is 45.7. The van der Waals surface area contributed by atoms with Crippen molar-refractivity contribution in [3.63, 3.8) is 0 Å².